The standard InChI is InChI=1S/C25H32BrClN6O3/c1-17-19(27)14-18(23(21(17)26)36-13-9-32-7-11-34-12-8-32)5-6-28-24-22-25(30-15-29-24)33(16-31-22)20-4-2-3-10-35-20/h14-16,20H,2-13H2,1H3,(H,28,29,30). The van der Waals surface area contributed by atoms with Crippen LogP contribution in [-0.4, -0.2) is 77.0 Å². The van der Waals surface area contributed by atoms with Crippen molar-refractivity contribution in [2.45, 2.75) is 38.8 Å². The monoisotopic (exact) mass is 578 g/mol. The number of hydrogen-bond acceptors (Lipinski definition) is 8. The van der Waals surface area contributed by atoms with E-state index in [-0.39, 0.29) is 6.23 Å². The first-order valence-electron chi connectivity index (χ1n) is 12.5. The maximum atomic E-state index is 6.52. The van der Waals surface area contributed by atoms with Crippen molar-refractivity contribution < 1.29 is 14.2 Å². The van der Waals surface area contributed by atoms with Gasteiger partial charge in [0.2, 0.25) is 0 Å². The zero-order valence-electron chi connectivity index (χ0n) is 20.5. The summed E-state index contributed by atoms with van der Waals surface area (Å²) in [5.41, 5.74) is 3.55. The van der Waals surface area contributed by atoms with Gasteiger partial charge in [-0.05, 0) is 65.7 Å². The molecule has 0 bridgehead atoms. The summed E-state index contributed by atoms with van der Waals surface area (Å²) < 4.78 is 20.6. The molecule has 194 valence electrons. The Hall–Kier alpha value is -1.98. The van der Waals surface area contributed by atoms with Gasteiger partial charge in [-0.1, -0.05) is 11.6 Å². The van der Waals surface area contributed by atoms with Gasteiger partial charge < -0.3 is 19.5 Å². The molecule has 0 radical (unpaired) electrons. The van der Waals surface area contributed by atoms with Crippen LogP contribution in [0.2, 0.25) is 5.02 Å². The number of hydrogen-bond donors (Lipinski definition) is 1. The molecule has 2 fully saturated rings. The van der Waals surface area contributed by atoms with Crippen LogP contribution in [0.5, 0.6) is 5.75 Å². The summed E-state index contributed by atoms with van der Waals surface area (Å²) in [5.74, 6) is 1.56. The van der Waals surface area contributed by atoms with Crippen molar-refractivity contribution >= 4 is 44.5 Å². The predicted octanol–water partition coefficient (Wildman–Crippen LogP) is 4.62. The first-order valence-corrected chi connectivity index (χ1v) is 13.7. The summed E-state index contributed by atoms with van der Waals surface area (Å²) in [5, 5.41) is 4.15. The number of morpholine rings is 1. The Kier molecular flexibility index (Phi) is 8.58. The van der Waals surface area contributed by atoms with Gasteiger partial charge in [0.05, 0.1) is 24.0 Å². The molecule has 4 heterocycles. The van der Waals surface area contributed by atoms with Gasteiger partial charge in [0.25, 0.3) is 0 Å². The summed E-state index contributed by atoms with van der Waals surface area (Å²) in [6, 6.07) is 2.00. The van der Waals surface area contributed by atoms with Crippen LogP contribution in [0.25, 0.3) is 11.2 Å². The minimum absolute atomic E-state index is 0.0179. The molecule has 0 amide bonds. The van der Waals surface area contributed by atoms with Crippen molar-refractivity contribution in [3.63, 3.8) is 0 Å². The number of aromatic nitrogens is 4. The minimum atomic E-state index is -0.0179. The fourth-order valence-corrected chi connectivity index (χ4v) is 5.56. The third-order valence-electron chi connectivity index (χ3n) is 6.75. The van der Waals surface area contributed by atoms with Gasteiger partial charge >= 0.3 is 0 Å². The van der Waals surface area contributed by atoms with E-state index in [1.54, 1.807) is 12.7 Å². The number of anilines is 1. The minimum Gasteiger partial charge on any atom is -0.491 e. The van der Waals surface area contributed by atoms with E-state index in [4.69, 9.17) is 25.8 Å². The number of nitrogens with zero attached hydrogens (tertiary/aromatic N) is 5. The lowest BCUT2D eigenvalue weighted by atomic mass is 10.1. The molecule has 5 rings (SSSR count). The molecular weight excluding hydrogens is 548 g/mol. The molecule has 1 atom stereocenters. The average molecular weight is 580 g/mol. The Balaban J connectivity index is 1.26. The van der Waals surface area contributed by atoms with E-state index in [2.05, 4.69) is 41.1 Å². The van der Waals surface area contributed by atoms with Gasteiger partial charge in [0.1, 0.15) is 24.9 Å². The van der Waals surface area contributed by atoms with E-state index in [9.17, 15) is 0 Å². The Labute approximate surface area is 224 Å². The molecule has 2 aromatic heterocycles. The maximum absolute atomic E-state index is 6.52. The number of halogens is 2. The zero-order valence-corrected chi connectivity index (χ0v) is 22.9. The van der Waals surface area contributed by atoms with Crippen LogP contribution in [0.4, 0.5) is 5.82 Å². The third kappa shape index (κ3) is 5.78. The molecule has 0 spiro atoms. The molecular formula is C25H32BrClN6O3. The lowest BCUT2D eigenvalue weighted by Gasteiger charge is -2.26. The second-order valence-corrected chi connectivity index (χ2v) is 10.3. The summed E-state index contributed by atoms with van der Waals surface area (Å²) in [7, 11) is 0. The van der Waals surface area contributed by atoms with Crippen LogP contribution in [0.15, 0.2) is 23.2 Å². The molecule has 1 aromatic carbocycles. The number of nitrogens with one attached hydrogen (secondary N) is 1. The summed E-state index contributed by atoms with van der Waals surface area (Å²) in [4.78, 5) is 15.9. The highest BCUT2D eigenvalue weighted by atomic mass is 79.9. The smallest absolute Gasteiger partial charge is 0.167 e. The molecule has 2 aliphatic rings. The average Bonchev–Trinajstić information content (AvgIpc) is 3.35. The van der Waals surface area contributed by atoms with Gasteiger partial charge in [-0.15, -0.1) is 0 Å². The normalized spacial score (nSPS) is 19.0. The van der Waals surface area contributed by atoms with Crippen molar-refractivity contribution in [1.82, 2.24) is 24.4 Å². The number of ether oxygens (including phenoxy) is 3. The topological polar surface area (TPSA) is 86.6 Å². The highest BCUT2D eigenvalue weighted by Crippen LogP contribution is 2.37. The molecule has 2 saturated heterocycles. The van der Waals surface area contributed by atoms with Gasteiger partial charge in [0, 0.05) is 37.8 Å². The van der Waals surface area contributed by atoms with Crippen molar-refractivity contribution in [3.8, 4) is 5.75 Å². The van der Waals surface area contributed by atoms with Crippen LogP contribution in [0, 0.1) is 6.92 Å². The summed E-state index contributed by atoms with van der Waals surface area (Å²) >= 11 is 10.2. The van der Waals surface area contributed by atoms with E-state index in [0.29, 0.717) is 30.4 Å². The Morgan fingerprint density at radius 2 is 2.06 bits per heavy atom. The second kappa shape index (κ2) is 12.0. The molecule has 9 nitrogen and oxygen atoms in total. The van der Waals surface area contributed by atoms with Gasteiger partial charge in [0.15, 0.2) is 17.0 Å². The third-order valence-corrected chi connectivity index (χ3v) is 8.10. The highest BCUT2D eigenvalue weighted by molar-refractivity contribution is 9.10. The summed E-state index contributed by atoms with van der Waals surface area (Å²) in [6.07, 6.45) is 7.28. The van der Waals surface area contributed by atoms with Crippen LogP contribution < -0.4 is 10.1 Å². The summed E-state index contributed by atoms with van der Waals surface area (Å²) in [6.45, 7) is 8.32. The van der Waals surface area contributed by atoms with Gasteiger partial charge in [-0.3, -0.25) is 9.47 Å². The molecule has 11 heteroatoms. The molecule has 36 heavy (non-hydrogen) atoms. The first kappa shape index (κ1) is 25.7. The van der Waals surface area contributed by atoms with E-state index >= 15 is 0 Å². The van der Waals surface area contributed by atoms with Crippen LogP contribution >= 0.6 is 27.5 Å². The molecule has 1 unspecified atom stereocenters. The van der Waals surface area contributed by atoms with Crippen molar-refractivity contribution in [2.75, 3.05) is 57.9 Å². The van der Waals surface area contributed by atoms with E-state index < -0.39 is 0 Å². The van der Waals surface area contributed by atoms with Crippen LogP contribution in [0.1, 0.15) is 36.6 Å². The van der Waals surface area contributed by atoms with E-state index in [1.807, 2.05) is 17.6 Å². The maximum Gasteiger partial charge on any atom is 0.167 e. The fraction of sp³-hybridized carbons (Fsp3) is 0.560. The van der Waals surface area contributed by atoms with Crippen molar-refractivity contribution in [3.05, 3.63) is 39.3 Å². The number of rotatable bonds is 9. The quantitative estimate of drug-likeness (QED) is 0.393. The lowest BCUT2D eigenvalue weighted by Crippen LogP contribution is -2.38. The number of benzene rings is 1. The highest BCUT2D eigenvalue weighted by Gasteiger charge is 2.20. The number of imidazole rings is 1. The second-order valence-electron chi connectivity index (χ2n) is 9.13. The predicted molar refractivity (Wildman–Crippen MR) is 143 cm³/mol. The Morgan fingerprint density at radius 1 is 1.19 bits per heavy atom. The van der Waals surface area contributed by atoms with Crippen molar-refractivity contribution in [1.29, 1.82) is 0 Å². The molecule has 3 aromatic rings. The Bertz CT molecular complexity index is 1180. The van der Waals surface area contributed by atoms with Crippen LogP contribution in [-0.2, 0) is 15.9 Å². The Morgan fingerprint density at radius 3 is 2.86 bits per heavy atom. The number of fused-ring (bicyclic) bond motifs is 1. The molecule has 2 aliphatic heterocycles. The molecule has 0 aliphatic carbocycles. The fourth-order valence-electron chi connectivity index (χ4n) is 4.64. The zero-order chi connectivity index (χ0) is 24.9. The van der Waals surface area contributed by atoms with Gasteiger partial charge in [-0.25, -0.2) is 15.0 Å². The first-order chi connectivity index (χ1) is 17.6. The van der Waals surface area contributed by atoms with Gasteiger partial charge in [-0.2, -0.15) is 0 Å². The molecule has 1 N–H and O–H groups in total. The molecule has 0 saturated carbocycles. The lowest BCUT2D eigenvalue weighted by molar-refractivity contribution is -0.0298. The van der Waals surface area contributed by atoms with E-state index in [0.717, 1.165) is 91.2 Å². The van der Waals surface area contributed by atoms with Crippen molar-refractivity contribution in [2.24, 2.45) is 0 Å². The van der Waals surface area contributed by atoms with E-state index in [1.165, 1.54) is 0 Å². The van der Waals surface area contributed by atoms with Crippen LogP contribution in [0.3, 0.4) is 0 Å². The SMILES string of the molecule is Cc1c(Cl)cc(CCNc2ncnc3c2ncn3C2CCCCO2)c(OCCN2CCOCC2)c1Br. The largest absolute Gasteiger partial charge is 0.491 e.